The molecule has 0 fully saturated rings. The molecule has 0 spiro atoms. The Morgan fingerprint density at radius 3 is 2.67 bits per heavy atom. The molecule has 2 nitrogen and oxygen atoms in total. The van der Waals surface area contributed by atoms with Crippen LogP contribution in [-0.2, 0) is 11.1 Å². The Balaban J connectivity index is 2.95. The van der Waals surface area contributed by atoms with Crippen LogP contribution in [0.3, 0.4) is 0 Å². The molecule has 0 aliphatic carbocycles. The van der Waals surface area contributed by atoms with Crippen LogP contribution in [0, 0.1) is 6.92 Å². The van der Waals surface area contributed by atoms with Crippen molar-refractivity contribution in [2.45, 2.75) is 19.1 Å². The molecule has 0 bridgehead atoms. The van der Waals surface area contributed by atoms with Gasteiger partial charge in [-0.25, -0.2) is 4.21 Å². The van der Waals surface area contributed by atoms with Gasteiger partial charge in [0.15, 0.2) is 11.1 Å². The molecule has 12 heavy (non-hydrogen) atoms. The minimum atomic E-state index is -1.77. The molecule has 1 aromatic carbocycles. The van der Waals surface area contributed by atoms with Crippen LogP contribution in [0.1, 0.15) is 23.3 Å². The van der Waals surface area contributed by atoms with Crippen LogP contribution >= 0.6 is 0 Å². The zero-order chi connectivity index (χ0) is 9.14. The van der Waals surface area contributed by atoms with Crippen molar-refractivity contribution in [3.8, 4) is 0 Å². The maximum Gasteiger partial charge on any atom is 0.160 e. The van der Waals surface area contributed by atoms with E-state index in [1.54, 1.807) is 6.92 Å². The van der Waals surface area contributed by atoms with Crippen LogP contribution in [0.15, 0.2) is 24.3 Å². The highest BCUT2D eigenvalue weighted by Gasteiger charge is 2.10. The lowest BCUT2D eigenvalue weighted by Crippen LogP contribution is -2.00. The quantitative estimate of drug-likeness (QED) is 0.716. The van der Waals surface area contributed by atoms with Crippen LogP contribution in [0.4, 0.5) is 0 Å². The summed E-state index contributed by atoms with van der Waals surface area (Å²) in [5, 5.41) is -0.301. The molecule has 0 heterocycles. The highest BCUT2D eigenvalue weighted by Crippen LogP contribution is 2.18. The molecule has 0 saturated heterocycles. The van der Waals surface area contributed by atoms with Crippen molar-refractivity contribution in [2.75, 3.05) is 0 Å². The average Bonchev–Trinajstić information content (AvgIpc) is 2.03. The summed E-state index contributed by atoms with van der Waals surface area (Å²) in [7, 11) is 0. The molecule has 0 saturated carbocycles. The number of rotatable bonds is 2. The lowest BCUT2D eigenvalue weighted by Gasteiger charge is -2.07. The minimum Gasteiger partial charge on any atom is -0.306 e. The number of hydrogen-bond acceptors (Lipinski definition) is 1. The Kier molecular flexibility index (Phi) is 3.00. The fourth-order valence-corrected chi connectivity index (χ4v) is 1.42. The van der Waals surface area contributed by atoms with E-state index in [0.29, 0.717) is 0 Å². The first-order valence-corrected chi connectivity index (χ1v) is 4.94. The first kappa shape index (κ1) is 9.42. The Labute approximate surface area is 74.9 Å². The van der Waals surface area contributed by atoms with E-state index in [2.05, 4.69) is 0 Å². The smallest absolute Gasteiger partial charge is 0.160 e. The maximum atomic E-state index is 10.7. The van der Waals surface area contributed by atoms with Crippen molar-refractivity contribution < 1.29 is 8.76 Å². The van der Waals surface area contributed by atoms with Gasteiger partial charge in [0.2, 0.25) is 0 Å². The average molecular weight is 184 g/mol. The molecule has 1 aromatic rings. The van der Waals surface area contributed by atoms with Gasteiger partial charge in [-0.2, -0.15) is 0 Å². The molecule has 1 rings (SSSR count). The largest absolute Gasteiger partial charge is 0.306 e. The van der Waals surface area contributed by atoms with Gasteiger partial charge in [-0.15, -0.1) is 0 Å². The second-order valence-corrected chi connectivity index (χ2v) is 4.09. The molecule has 3 heteroatoms. The third kappa shape index (κ3) is 2.16. The standard InChI is InChI=1S/C9H12O2S/c1-7-4-3-5-9(6-7)8(2)12(10)11/h3-6,8H,1-2H3,(H,10,11)/t8-/m0/s1. The molecule has 0 aliphatic rings. The van der Waals surface area contributed by atoms with E-state index in [9.17, 15) is 4.21 Å². The van der Waals surface area contributed by atoms with Crippen LogP contribution in [-0.4, -0.2) is 8.76 Å². The topological polar surface area (TPSA) is 37.3 Å². The Morgan fingerprint density at radius 1 is 1.50 bits per heavy atom. The van der Waals surface area contributed by atoms with E-state index >= 15 is 0 Å². The number of hydrogen-bond donors (Lipinski definition) is 1. The predicted molar refractivity (Wildman–Crippen MR) is 50.4 cm³/mol. The zero-order valence-corrected chi connectivity index (χ0v) is 7.97. The van der Waals surface area contributed by atoms with E-state index in [-0.39, 0.29) is 5.25 Å². The maximum absolute atomic E-state index is 10.7. The second-order valence-electron chi connectivity index (χ2n) is 2.83. The molecule has 1 N–H and O–H groups in total. The first-order valence-electron chi connectivity index (χ1n) is 3.77. The molecular weight excluding hydrogens is 172 g/mol. The van der Waals surface area contributed by atoms with Crippen molar-refractivity contribution >= 4 is 11.1 Å². The van der Waals surface area contributed by atoms with Gasteiger partial charge >= 0.3 is 0 Å². The highest BCUT2D eigenvalue weighted by molar-refractivity contribution is 7.79. The van der Waals surface area contributed by atoms with Crippen LogP contribution in [0.2, 0.25) is 0 Å². The summed E-state index contributed by atoms with van der Waals surface area (Å²) in [5.74, 6) is 0. The molecule has 2 atom stereocenters. The van der Waals surface area contributed by atoms with E-state index in [0.717, 1.165) is 11.1 Å². The molecular formula is C9H12O2S. The van der Waals surface area contributed by atoms with Gasteiger partial charge in [0.25, 0.3) is 0 Å². The lowest BCUT2D eigenvalue weighted by atomic mass is 10.1. The minimum absolute atomic E-state index is 0.301. The highest BCUT2D eigenvalue weighted by atomic mass is 32.2. The van der Waals surface area contributed by atoms with Crippen LogP contribution in [0.5, 0.6) is 0 Å². The van der Waals surface area contributed by atoms with Gasteiger partial charge in [-0.3, -0.25) is 0 Å². The Bertz CT molecular complexity index is 296. The molecule has 0 aromatic heterocycles. The van der Waals surface area contributed by atoms with Gasteiger partial charge in [0.05, 0.1) is 5.25 Å². The van der Waals surface area contributed by atoms with E-state index < -0.39 is 11.1 Å². The van der Waals surface area contributed by atoms with Crippen molar-refractivity contribution in [2.24, 2.45) is 0 Å². The predicted octanol–water partition coefficient (Wildman–Crippen LogP) is 2.28. The summed E-state index contributed by atoms with van der Waals surface area (Å²) in [5.41, 5.74) is 2.03. The molecule has 1 unspecified atom stereocenters. The normalized spacial score (nSPS) is 15.6. The van der Waals surface area contributed by atoms with Gasteiger partial charge in [0.1, 0.15) is 0 Å². The third-order valence-corrected chi connectivity index (χ3v) is 2.69. The summed E-state index contributed by atoms with van der Waals surface area (Å²) >= 11 is -1.77. The van der Waals surface area contributed by atoms with Crippen LogP contribution < -0.4 is 0 Å². The summed E-state index contributed by atoms with van der Waals surface area (Å²) < 4.78 is 19.6. The first-order chi connectivity index (χ1) is 5.61. The summed E-state index contributed by atoms with van der Waals surface area (Å²) in [6.45, 7) is 3.71. The molecule has 0 amide bonds. The fraction of sp³-hybridized carbons (Fsp3) is 0.333. The summed E-state index contributed by atoms with van der Waals surface area (Å²) in [6.07, 6.45) is 0. The SMILES string of the molecule is Cc1cccc([C@H](C)S(=O)O)c1. The Morgan fingerprint density at radius 2 is 2.17 bits per heavy atom. The zero-order valence-electron chi connectivity index (χ0n) is 7.15. The van der Waals surface area contributed by atoms with E-state index in [4.69, 9.17) is 4.55 Å². The van der Waals surface area contributed by atoms with E-state index in [1.165, 1.54) is 0 Å². The second kappa shape index (κ2) is 3.83. The summed E-state index contributed by atoms with van der Waals surface area (Å²) in [4.78, 5) is 0. The van der Waals surface area contributed by atoms with Crippen LogP contribution in [0.25, 0.3) is 0 Å². The lowest BCUT2D eigenvalue weighted by molar-refractivity contribution is 0.554. The molecule has 66 valence electrons. The number of benzene rings is 1. The van der Waals surface area contributed by atoms with Gasteiger partial charge in [0, 0.05) is 0 Å². The number of aryl methyl sites for hydroxylation is 1. The van der Waals surface area contributed by atoms with Crippen molar-refractivity contribution in [1.82, 2.24) is 0 Å². The van der Waals surface area contributed by atoms with E-state index in [1.807, 2.05) is 31.2 Å². The van der Waals surface area contributed by atoms with Gasteiger partial charge < -0.3 is 4.55 Å². The van der Waals surface area contributed by atoms with Gasteiger partial charge in [-0.1, -0.05) is 29.8 Å². The molecule has 0 aliphatic heterocycles. The fourth-order valence-electron chi connectivity index (χ4n) is 1.04. The molecule has 0 radical (unpaired) electrons. The third-order valence-electron chi connectivity index (χ3n) is 1.81. The van der Waals surface area contributed by atoms with Crippen molar-refractivity contribution in [3.63, 3.8) is 0 Å². The van der Waals surface area contributed by atoms with Gasteiger partial charge in [-0.05, 0) is 19.4 Å². The Hall–Kier alpha value is -0.670. The monoisotopic (exact) mass is 184 g/mol. The van der Waals surface area contributed by atoms with Crippen molar-refractivity contribution in [3.05, 3.63) is 35.4 Å². The summed E-state index contributed by atoms with van der Waals surface area (Å²) in [6, 6.07) is 7.66. The van der Waals surface area contributed by atoms with Crippen molar-refractivity contribution in [1.29, 1.82) is 0 Å².